The lowest BCUT2D eigenvalue weighted by molar-refractivity contribution is 0.329. The van der Waals surface area contributed by atoms with E-state index in [2.05, 4.69) is 37.2 Å². The molecule has 0 unspecified atom stereocenters. The van der Waals surface area contributed by atoms with E-state index in [1.165, 1.54) is 12.1 Å². The van der Waals surface area contributed by atoms with Gasteiger partial charge >= 0.3 is 0 Å². The molecule has 0 spiro atoms. The van der Waals surface area contributed by atoms with E-state index in [-0.39, 0.29) is 5.82 Å². The normalized spacial score (nSPS) is 10.3. The Morgan fingerprint density at radius 2 is 1.67 bits per heavy atom. The number of halogens is 3. The van der Waals surface area contributed by atoms with Crippen LogP contribution in [-0.2, 0) is 0 Å². The van der Waals surface area contributed by atoms with Crippen LogP contribution >= 0.6 is 31.9 Å². The lowest BCUT2D eigenvalue weighted by Gasteiger charge is -2.12. The van der Waals surface area contributed by atoms with E-state index < -0.39 is 0 Å². The van der Waals surface area contributed by atoms with E-state index in [1.807, 2.05) is 12.1 Å². The average molecular weight is 419 g/mol. The van der Waals surface area contributed by atoms with Gasteiger partial charge in [0.25, 0.3) is 0 Å². The molecule has 0 aliphatic carbocycles. The summed E-state index contributed by atoms with van der Waals surface area (Å²) in [5.41, 5.74) is 0.856. The van der Waals surface area contributed by atoms with Crippen molar-refractivity contribution >= 4 is 37.5 Å². The summed E-state index contributed by atoms with van der Waals surface area (Å²) in [6, 6.07) is 9.90. The van der Waals surface area contributed by atoms with E-state index in [1.54, 1.807) is 19.2 Å². The predicted octanol–water partition coefficient (Wildman–Crippen LogP) is 4.85. The lowest BCUT2D eigenvalue weighted by atomic mass is 10.3. The maximum absolute atomic E-state index is 12.8. The Morgan fingerprint density at radius 1 is 1.05 bits per heavy atom. The summed E-state index contributed by atoms with van der Waals surface area (Å²) in [6.07, 6.45) is 0. The second-order valence-corrected chi connectivity index (χ2v) is 5.91. The Kier molecular flexibility index (Phi) is 5.87. The SMILES string of the molecule is COc1cc(Br)c(OCCNc2ccc(F)cc2)cc1Br. The second-order valence-electron chi connectivity index (χ2n) is 4.20. The topological polar surface area (TPSA) is 30.5 Å². The van der Waals surface area contributed by atoms with Gasteiger partial charge in [-0.1, -0.05) is 0 Å². The molecule has 1 N–H and O–H groups in total. The van der Waals surface area contributed by atoms with E-state index in [4.69, 9.17) is 9.47 Å². The molecule has 0 saturated heterocycles. The van der Waals surface area contributed by atoms with Gasteiger partial charge in [0.15, 0.2) is 0 Å². The van der Waals surface area contributed by atoms with Gasteiger partial charge < -0.3 is 14.8 Å². The smallest absolute Gasteiger partial charge is 0.134 e. The maximum Gasteiger partial charge on any atom is 0.134 e. The van der Waals surface area contributed by atoms with Crippen LogP contribution in [0.3, 0.4) is 0 Å². The summed E-state index contributed by atoms with van der Waals surface area (Å²) in [5, 5.41) is 3.16. The molecule has 0 aliphatic rings. The van der Waals surface area contributed by atoms with Crippen molar-refractivity contribution in [3.63, 3.8) is 0 Å². The third kappa shape index (κ3) is 4.61. The fourth-order valence-electron chi connectivity index (χ4n) is 1.70. The molecular weight excluding hydrogens is 405 g/mol. The van der Waals surface area contributed by atoms with Gasteiger partial charge in [0.05, 0.1) is 16.1 Å². The average Bonchev–Trinajstić information content (AvgIpc) is 2.48. The Hall–Kier alpha value is -1.27. The van der Waals surface area contributed by atoms with Crippen molar-refractivity contribution < 1.29 is 13.9 Å². The van der Waals surface area contributed by atoms with E-state index >= 15 is 0 Å². The molecule has 0 radical (unpaired) electrons. The van der Waals surface area contributed by atoms with Gasteiger partial charge in [-0.3, -0.25) is 0 Å². The fourth-order valence-corrected chi connectivity index (χ4v) is 2.62. The van der Waals surface area contributed by atoms with Crippen molar-refractivity contribution in [3.8, 4) is 11.5 Å². The van der Waals surface area contributed by atoms with Crippen LogP contribution in [0.4, 0.5) is 10.1 Å². The van der Waals surface area contributed by atoms with Gasteiger partial charge in [-0.2, -0.15) is 0 Å². The third-order valence-corrected chi connectivity index (χ3v) is 3.98. The first-order chi connectivity index (χ1) is 10.1. The fraction of sp³-hybridized carbons (Fsp3) is 0.200. The monoisotopic (exact) mass is 417 g/mol. The number of rotatable bonds is 6. The Labute approximate surface area is 139 Å². The molecule has 0 aromatic heterocycles. The molecule has 0 bridgehead atoms. The molecule has 0 saturated carbocycles. The molecule has 2 rings (SSSR count). The second kappa shape index (κ2) is 7.66. The molecule has 2 aromatic rings. The van der Waals surface area contributed by atoms with Crippen LogP contribution in [-0.4, -0.2) is 20.3 Å². The largest absolute Gasteiger partial charge is 0.496 e. The van der Waals surface area contributed by atoms with Crippen molar-refractivity contribution in [2.45, 2.75) is 0 Å². The van der Waals surface area contributed by atoms with Crippen molar-refractivity contribution in [2.75, 3.05) is 25.6 Å². The summed E-state index contributed by atoms with van der Waals surface area (Å²) in [4.78, 5) is 0. The number of nitrogens with one attached hydrogen (secondary N) is 1. The van der Waals surface area contributed by atoms with Crippen LogP contribution in [0.2, 0.25) is 0 Å². The molecule has 21 heavy (non-hydrogen) atoms. The minimum Gasteiger partial charge on any atom is -0.496 e. The number of hydrogen-bond acceptors (Lipinski definition) is 3. The maximum atomic E-state index is 12.8. The van der Waals surface area contributed by atoms with Crippen molar-refractivity contribution in [2.24, 2.45) is 0 Å². The minimum absolute atomic E-state index is 0.246. The van der Waals surface area contributed by atoms with Crippen molar-refractivity contribution in [3.05, 3.63) is 51.2 Å². The van der Waals surface area contributed by atoms with Crippen molar-refractivity contribution in [1.82, 2.24) is 0 Å². The molecule has 0 amide bonds. The molecule has 6 heteroatoms. The van der Waals surface area contributed by atoms with Crippen LogP contribution in [0.5, 0.6) is 11.5 Å². The Morgan fingerprint density at radius 3 is 2.33 bits per heavy atom. The summed E-state index contributed by atoms with van der Waals surface area (Å²) in [6.45, 7) is 1.09. The zero-order valence-corrected chi connectivity index (χ0v) is 14.5. The van der Waals surface area contributed by atoms with Crippen LogP contribution in [0.1, 0.15) is 0 Å². The highest BCUT2D eigenvalue weighted by atomic mass is 79.9. The highest BCUT2D eigenvalue weighted by Crippen LogP contribution is 2.35. The van der Waals surface area contributed by atoms with Crippen molar-refractivity contribution in [1.29, 1.82) is 0 Å². The molecule has 0 atom stereocenters. The van der Waals surface area contributed by atoms with Gasteiger partial charge in [-0.25, -0.2) is 4.39 Å². The van der Waals surface area contributed by atoms with Gasteiger partial charge in [-0.15, -0.1) is 0 Å². The first kappa shape index (κ1) is 16.1. The lowest BCUT2D eigenvalue weighted by Crippen LogP contribution is -2.11. The highest BCUT2D eigenvalue weighted by molar-refractivity contribution is 9.11. The van der Waals surface area contributed by atoms with E-state index in [0.29, 0.717) is 13.2 Å². The number of ether oxygens (including phenoxy) is 2. The van der Waals surface area contributed by atoms with Crippen LogP contribution in [0.15, 0.2) is 45.3 Å². The predicted molar refractivity (Wildman–Crippen MR) is 88.8 cm³/mol. The van der Waals surface area contributed by atoms with Crippen LogP contribution in [0.25, 0.3) is 0 Å². The molecule has 112 valence electrons. The molecule has 0 aliphatic heterocycles. The van der Waals surface area contributed by atoms with Gasteiger partial charge in [0.2, 0.25) is 0 Å². The third-order valence-electron chi connectivity index (χ3n) is 2.74. The van der Waals surface area contributed by atoms with Crippen LogP contribution < -0.4 is 14.8 Å². The molecule has 0 heterocycles. The quantitative estimate of drug-likeness (QED) is 0.680. The minimum atomic E-state index is -0.246. The first-order valence-electron chi connectivity index (χ1n) is 6.25. The Bertz CT molecular complexity index is 605. The molecule has 0 fully saturated rings. The first-order valence-corrected chi connectivity index (χ1v) is 7.84. The number of hydrogen-bond donors (Lipinski definition) is 1. The van der Waals surface area contributed by atoms with Crippen LogP contribution in [0, 0.1) is 5.82 Å². The summed E-state index contributed by atoms with van der Waals surface area (Å²) in [7, 11) is 1.61. The summed E-state index contributed by atoms with van der Waals surface area (Å²) < 4.78 is 25.3. The number of benzene rings is 2. The van der Waals surface area contributed by atoms with Gasteiger partial charge in [-0.05, 0) is 68.3 Å². The molecule has 2 aromatic carbocycles. The number of methoxy groups -OCH3 is 1. The summed E-state index contributed by atoms with van der Waals surface area (Å²) in [5.74, 6) is 1.21. The van der Waals surface area contributed by atoms with Gasteiger partial charge in [0, 0.05) is 12.2 Å². The van der Waals surface area contributed by atoms with E-state index in [0.717, 1.165) is 26.1 Å². The molecular formula is C15H14Br2FNO2. The van der Waals surface area contributed by atoms with Gasteiger partial charge in [0.1, 0.15) is 23.9 Å². The zero-order valence-electron chi connectivity index (χ0n) is 11.3. The Balaban J connectivity index is 1.86. The molecule has 3 nitrogen and oxygen atoms in total. The standard InChI is InChI=1S/C15H14Br2FNO2/c1-20-14-8-13(17)15(9-12(14)16)21-7-6-19-11-4-2-10(18)3-5-11/h2-5,8-9,19H,6-7H2,1H3. The van der Waals surface area contributed by atoms with E-state index in [9.17, 15) is 4.39 Å². The highest BCUT2D eigenvalue weighted by Gasteiger charge is 2.08. The number of anilines is 1. The zero-order chi connectivity index (χ0) is 15.2. The summed E-state index contributed by atoms with van der Waals surface area (Å²) >= 11 is 6.86.